The first-order valence-electron chi connectivity index (χ1n) is 6.20. The highest BCUT2D eigenvalue weighted by atomic mass is 127. The van der Waals surface area contributed by atoms with Gasteiger partial charge in [-0.2, -0.15) is 0 Å². The summed E-state index contributed by atoms with van der Waals surface area (Å²) in [7, 11) is 0. The number of aromatic carboxylic acids is 1. The number of carbonyl (C=O) groups is 1. The molecule has 4 nitrogen and oxygen atoms in total. The number of benzene rings is 2. The van der Waals surface area contributed by atoms with E-state index in [1.54, 1.807) is 6.07 Å². The Bertz CT molecular complexity index is 833. The summed E-state index contributed by atoms with van der Waals surface area (Å²) in [5.41, 5.74) is -0.0327. The number of carboxylic acid groups (broad SMARTS) is 1. The van der Waals surface area contributed by atoms with Gasteiger partial charge in [0.1, 0.15) is 5.75 Å². The van der Waals surface area contributed by atoms with Gasteiger partial charge in [-0.05, 0) is 52.2 Å². The molecular weight excluding hydrogens is 381 g/mol. The quantitative estimate of drug-likeness (QED) is 0.676. The summed E-state index contributed by atoms with van der Waals surface area (Å²) in [6.07, 6.45) is 0. The van der Waals surface area contributed by atoms with E-state index in [0.717, 1.165) is 14.3 Å². The van der Waals surface area contributed by atoms with Crippen LogP contribution in [0.15, 0.2) is 54.6 Å². The molecule has 1 aromatic heterocycles. The molecule has 0 fully saturated rings. The Morgan fingerprint density at radius 3 is 2.57 bits per heavy atom. The lowest BCUT2D eigenvalue weighted by atomic mass is 10.1. The summed E-state index contributed by atoms with van der Waals surface area (Å²) in [6.45, 7) is 0. The minimum Gasteiger partial charge on any atom is -0.477 e. The van der Waals surface area contributed by atoms with Gasteiger partial charge in [-0.1, -0.05) is 30.3 Å². The van der Waals surface area contributed by atoms with Crippen molar-refractivity contribution in [1.29, 1.82) is 0 Å². The Morgan fingerprint density at radius 1 is 1.10 bits per heavy atom. The van der Waals surface area contributed by atoms with Crippen LogP contribution in [-0.2, 0) is 0 Å². The molecule has 0 spiro atoms. The Hall–Kier alpha value is -2.15. The number of pyridine rings is 1. The number of hydrogen-bond acceptors (Lipinski definition) is 3. The molecule has 21 heavy (non-hydrogen) atoms. The highest BCUT2D eigenvalue weighted by molar-refractivity contribution is 14.1. The van der Waals surface area contributed by atoms with E-state index in [9.17, 15) is 4.79 Å². The first kappa shape index (κ1) is 13.8. The Kier molecular flexibility index (Phi) is 3.74. The molecule has 1 N–H and O–H groups in total. The zero-order chi connectivity index (χ0) is 14.8. The Labute approximate surface area is 134 Å². The maximum atomic E-state index is 11.2. The summed E-state index contributed by atoms with van der Waals surface area (Å²) in [6, 6.07) is 16.5. The monoisotopic (exact) mass is 391 g/mol. The number of nitrogens with zero attached hydrogens (tertiary/aromatic N) is 1. The van der Waals surface area contributed by atoms with Crippen molar-refractivity contribution in [3.8, 4) is 11.6 Å². The van der Waals surface area contributed by atoms with Crippen molar-refractivity contribution in [2.24, 2.45) is 0 Å². The lowest BCUT2D eigenvalue weighted by Gasteiger charge is -2.10. The third-order valence-electron chi connectivity index (χ3n) is 2.97. The summed E-state index contributed by atoms with van der Waals surface area (Å²) >= 11 is 2.16. The highest BCUT2D eigenvalue weighted by Crippen LogP contribution is 2.31. The molecule has 0 atom stereocenters. The van der Waals surface area contributed by atoms with Crippen LogP contribution in [0.25, 0.3) is 10.8 Å². The van der Waals surface area contributed by atoms with E-state index >= 15 is 0 Å². The molecule has 0 aliphatic rings. The smallest absolute Gasteiger partial charge is 0.354 e. The van der Waals surface area contributed by atoms with E-state index in [1.807, 2.05) is 48.5 Å². The molecular formula is C16H10INO3. The number of para-hydroxylation sites is 1. The van der Waals surface area contributed by atoms with Gasteiger partial charge >= 0.3 is 5.97 Å². The Morgan fingerprint density at radius 2 is 1.81 bits per heavy atom. The highest BCUT2D eigenvalue weighted by Gasteiger charge is 2.13. The van der Waals surface area contributed by atoms with E-state index in [0.29, 0.717) is 11.6 Å². The second kappa shape index (κ2) is 5.69. The average molecular weight is 391 g/mol. The van der Waals surface area contributed by atoms with E-state index in [4.69, 9.17) is 9.84 Å². The normalized spacial score (nSPS) is 10.5. The second-order valence-electron chi connectivity index (χ2n) is 4.37. The third-order valence-corrected chi connectivity index (χ3v) is 3.86. The summed E-state index contributed by atoms with van der Waals surface area (Å²) in [5, 5.41) is 10.7. The van der Waals surface area contributed by atoms with Crippen LogP contribution in [0.4, 0.5) is 0 Å². The first-order chi connectivity index (χ1) is 10.1. The van der Waals surface area contributed by atoms with Gasteiger partial charge in [-0.3, -0.25) is 0 Å². The molecule has 2 aromatic carbocycles. The number of fused-ring (bicyclic) bond motifs is 1. The van der Waals surface area contributed by atoms with Gasteiger partial charge in [-0.25, -0.2) is 9.78 Å². The minimum atomic E-state index is -1.08. The van der Waals surface area contributed by atoms with Crippen molar-refractivity contribution < 1.29 is 14.6 Å². The number of aromatic nitrogens is 1. The maximum Gasteiger partial charge on any atom is 0.354 e. The fourth-order valence-electron chi connectivity index (χ4n) is 1.99. The molecule has 0 radical (unpaired) electrons. The SMILES string of the molecule is O=C(O)c1cc2ccccc2c(Oc2ccccc2I)n1. The molecule has 5 heteroatoms. The van der Waals surface area contributed by atoms with Crippen LogP contribution in [-0.4, -0.2) is 16.1 Å². The van der Waals surface area contributed by atoms with Crippen LogP contribution in [0.2, 0.25) is 0 Å². The van der Waals surface area contributed by atoms with Crippen LogP contribution in [0.1, 0.15) is 10.5 Å². The van der Waals surface area contributed by atoms with Crippen LogP contribution < -0.4 is 4.74 Å². The zero-order valence-electron chi connectivity index (χ0n) is 10.8. The zero-order valence-corrected chi connectivity index (χ0v) is 12.9. The predicted octanol–water partition coefficient (Wildman–Crippen LogP) is 4.33. The molecule has 0 unspecified atom stereocenters. The van der Waals surface area contributed by atoms with Gasteiger partial charge < -0.3 is 9.84 Å². The van der Waals surface area contributed by atoms with Crippen LogP contribution in [0.3, 0.4) is 0 Å². The standard InChI is InChI=1S/C16H10INO3/c17-12-7-3-4-8-14(12)21-15-11-6-2-1-5-10(11)9-13(18-15)16(19)20/h1-9H,(H,19,20). The maximum absolute atomic E-state index is 11.2. The van der Waals surface area contributed by atoms with E-state index in [2.05, 4.69) is 27.6 Å². The molecule has 0 saturated carbocycles. The molecule has 104 valence electrons. The lowest BCUT2D eigenvalue weighted by Crippen LogP contribution is -2.02. The first-order valence-corrected chi connectivity index (χ1v) is 7.28. The second-order valence-corrected chi connectivity index (χ2v) is 5.53. The fourth-order valence-corrected chi connectivity index (χ4v) is 2.48. The molecule has 3 rings (SSSR count). The topological polar surface area (TPSA) is 59.4 Å². The fraction of sp³-hybridized carbons (Fsp3) is 0. The molecule has 1 heterocycles. The molecule has 0 aliphatic carbocycles. The molecule has 3 aromatic rings. The van der Waals surface area contributed by atoms with Crippen molar-refractivity contribution in [3.05, 3.63) is 63.9 Å². The predicted molar refractivity (Wildman–Crippen MR) is 87.9 cm³/mol. The van der Waals surface area contributed by atoms with E-state index in [1.165, 1.54) is 0 Å². The third kappa shape index (κ3) is 2.82. The van der Waals surface area contributed by atoms with Crippen molar-refractivity contribution in [2.75, 3.05) is 0 Å². The number of ether oxygens (including phenoxy) is 1. The van der Waals surface area contributed by atoms with Gasteiger partial charge in [0, 0.05) is 5.39 Å². The van der Waals surface area contributed by atoms with Crippen LogP contribution in [0, 0.1) is 3.57 Å². The van der Waals surface area contributed by atoms with Gasteiger partial charge in [0.25, 0.3) is 0 Å². The minimum absolute atomic E-state index is 0.0327. The van der Waals surface area contributed by atoms with Crippen molar-refractivity contribution in [1.82, 2.24) is 4.98 Å². The molecule has 0 saturated heterocycles. The van der Waals surface area contributed by atoms with Gasteiger partial charge in [0.05, 0.1) is 3.57 Å². The van der Waals surface area contributed by atoms with Crippen LogP contribution in [0.5, 0.6) is 11.6 Å². The van der Waals surface area contributed by atoms with Gasteiger partial charge in [0.15, 0.2) is 5.69 Å². The van der Waals surface area contributed by atoms with Crippen molar-refractivity contribution in [3.63, 3.8) is 0 Å². The Balaban J connectivity index is 2.16. The summed E-state index contributed by atoms with van der Waals surface area (Å²) < 4.78 is 6.76. The number of carboxylic acids is 1. The largest absolute Gasteiger partial charge is 0.477 e. The number of hydrogen-bond donors (Lipinski definition) is 1. The van der Waals surface area contributed by atoms with E-state index in [-0.39, 0.29) is 5.69 Å². The van der Waals surface area contributed by atoms with Crippen molar-refractivity contribution in [2.45, 2.75) is 0 Å². The van der Waals surface area contributed by atoms with E-state index < -0.39 is 5.97 Å². The number of halogens is 1. The molecule has 0 aliphatic heterocycles. The number of rotatable bonds is 3. The van der Waals surface area contributed by atoms with Crippen LogP contribution >= 0.6 is 22.6 Å². The summed E-state index contributed by atoms with van der Waals surface area (Å²) in [5.74, 6) is -0.124. The molecule has 0 bridgehead atoms. The molecule has 0 amide bonds. The van der Waals surface area contributed by atoms with Crippen molar-refractivity contribution >= 4 is 39.3 Å². The average Bonchev–Trinajstić information content (AvgIpc) is 2.49. The van der Waals surface area contributed by atoms with Gasteiger partial charge in [-0.15, -0.1) is 0 Å². The summed E-state index contributed by atoms with van der Waals surface area (Å²) in [4.78, 5) is 15.3. The van der Waals surface area contributed by atoms with Gasteiger partial charge in [0.2, 0.25) is 5.88 Å². The lowest BCUT2D eigenvalue weighted by molar-refractivity contribution is 0.0690.